The summed E-state index contributed by atoms with van der Waals surface area (Å²) in [6.07, 6.45) is 1.92. The second kappa shape index (κ2) is 5.45. The molecule has 0 spiro atoms. The van der Waals surface area contributed by atoms with Crippen LogP contribution in [0.25, 0.3) is 0 Å². The van der Waals surface area contributed by atoms with Crippen LogP contribution in [0, 0.1) is 0 Å². The van der Waals surface area contributed by atoms with Crippen molar-refractivity contribution in [1.29, 1.82) is 0 Å². The lowest BCUT2D eigenvalue weighted by Crippen LogP contribution is -3.02. The molecule has 1 atom stereocenters. The van der Waals surface area contributed by atoms with Crippen molar-refractivity contribution >= 4 is 23.4 Å². The topological polar surface area (TPSA) is 88.6 Å². The summed E-state index contributed by atoms with van der Waals surface area (Å²) in [7, 11) is 0. The Hall–Kier alpha value is -1.93. The van der Waals surface area contributed by atoms with Crippen LogP contribution in [0.15, 0.2) is 23.3 Å². The molecule has 1 aromatic rings. The van der Waals surface area contributed by atoms with Crippen molar-refractivity contribution in [2.45, 2.75) is 18.6 Å². The maximum absolute atomic E-state index is 11.8. The monoisotopic (exact) mass is 309 g/mol. The first-order valence-electron chi connectivity index (χ1n) is 6.54. The number of nitrogens with zero attached hydrogens (tertiary/aromatic N) is 1. The Labute approximate surface area is 126 Å². The molecule has 1 amide bonds. The molecule has 21 heavy (non-hydrogen) atoms. The van der Waals surface area contributed by atoms with Gasteiger partial charge < -0.3 is 9.47 Å². The molecule has 3 rings (SSSR count). The van der Waals surface area contributed by atoms with E-state index in [1.165, 1.54) is 11.8 Å². The third kappa shape index (κ3) is 2.77. The fourth-order valence-corrected chi connectivity index (χ4v) is 2.69. The van der Waals surface area contributed by atoms with Gasteiger partial charge in [-0.3, -0.25) is 15.4 Å². The van der Waals surface area contributed by atoms with E-state index in [0.29, 0.717) is 12.3 Å². The van der Waals surface area contributed by atoms with E-state index in [4.69, 9.17) is 9.47 Å². The number of hydrogen-bond acceptors (Lipinski definition) is 6. The number of fused-ring (bicyclic) bond motifs is 1. The van der Waals surface area contributed by atoms with Crippen LogP contribution in [0.2, 0.25) is 0 Å². The molecular formula is C13H17N4O3S+. The Morgan fingerprint density at radius 2 is 2.24 bits per heavy atom. The van der Waals surface area contributed by atoms with Gasteiger partial charge in [-0.15, -0.1) is 0 Å². The van der Waals surface area contributed by atoms with E-state index in [0.717, 1.165) is 17.1 Å². The minimum atomic E-state index is -0.688. The first kappa shape index (κ1) is 14.0. The fraction of sp³-hybridized carbons (Fsp3) is 0.385. The lowest BCUT2D eigenvalue weighted by molar-refractivity contribution is -0.726. The van der Waals surface area contributed by atoms with Crippen LogP contribution in [0.3, 0.4) is 0 Å². The molecule has 1 aromatic carbocycles. The molecule has 2 aliphatic rings. The first-order valence-corrected chi connectivity index (χ1v) is 7.76. The summed E-state index contributed by atoms with van der Waals surface area (Å²) in [6, 6.07) is 5.83. The van der Waals surface area contributed by atoms with Gasteiger partial charge in [-0.2, -0.15) is 5.10 Å². The summed E-state index contributed by atoms with van der Waals surface area (Å²) in [5, 5.41) is 8.29. The first-order chi connectivity index (χ1) is 10.1. The van der Waals surface area contributed by atoms with E-state index in [-0.39, 0.29) is 12.7 Å². The Morgan fingerprint density at radius 1 is 1.43 bits per heavy atom. The number of quaternary nitrogens is 1. The van der Waals surface area contributed by atoms with E-state index in [9.17, 15) is 4.79 Å². The summed E-state index contributed by atoms with van der Waals surface area (Å²) in [6.45, 7) is 2.60. The molecule has 112 valence electrons. The van der Waals surface area contributed by atoms with Gasteiger partial charge in [0, 0.05) is 5.56 Å². The highest BCUT2D eigenvalue weighted by Gasteiger charge is 2.38. The van der Waals surface area contributed by atoms with Crippen LogP contribution in [-0.2, 0) is 11.3 Å². The van der Waals surface area contributed by atoms with Gasteiger partial charge in [0.15, 0.2) is 11.5 Å². The highest BCUT2D eigenvalue weighted by molar-refractivity contribution is 7.99. The molecular weight excluding hydrogens is 292 g/mol. The third-order valence-corrected chi connectivity index (χ3v) is 4.41. The number of nitrogens with one attached hydrogen (secondary N) is 2. The van der Waals surface area contributed by atoms with Gasteiger partial charge in [-0.25, -0.2) is 5.43 Å². The number of hydrazone groups is 1. The minimum absolute atomic E-state index is 0.162. The van der Waals surface area contributed by atoms with Crippen LogP contribution in [-0.4, -0.2) is 29.8 Å². The maximum Gasteiger partial charge on any atom is 0.316 e. The number of thioether (sulfide) groups is 1. The summed E-state index contributed by atoms with van der Waals surface area (Å²) in [4.78, 5) is 11.8. The maximum atomic E-state index is 11.8. The highest BCUT2D eigenvalue weighted by Crippen LogP contribution is 2.32. The van der Waals surface area contributed by atoms with Crippen molar-refractivity contribution in [3.05, 3.63) is 23.8 Å². The predicted octanol–water partition coefficient (Wildman–Crippen LogP) is -0.452. The normalized spacial score (nSPS) is 23.3. The lowest BCUT2D eigenvalue weighted by atomic mass is 10.2. The molecule has 2 aliphatic heterocycles. The Balaban J connectivity index is 1.70. The van der Waals surface area contributed by atoms with Crippen LogP contribution in [0.1, 0.15) is 12.5 Å². The zero-order chi connectivity index (χ0) is 14.9. The number of nitrogens with two attached hydrogens (primary N) is 1. The van der Waals surface area contributed by atoms with Crippen molar-refractivity contribution in [2.75, 3.05) is 13.0 Å². The van der Waals surface area contributed by atoms with E-state index in [2.05, 4.69) is 15.8 Å². The minimum Gasteiger partial charge on any atom is -0.454 e. The zero-order valence-electron chi connectivity index (χ0n) is 11.8. The highest BCUT2D eigenvalue weighted by atomic mass is 32.2. The quantitative estimate of drug-likeness (QED) is 0.656. The van der Waals surface area contributed by atoms with E-state index in [1.54, 1.807) is 6.92 Å². The standard InChI is InChI=1S/C13H16N4O3S/c1-8-12(18)15-13(21-2,17-16-8)14-6-9-3-4-10-11(5-9)20-7-19-10/h3-5,14,17H,6-7H2,1-2H3,(H,15,18)/p+1/t13-/m1/s1. The van der Waals surface area contributed by atoms with Gasteiger partial charge in [0.2, 0.25) is 6.79 Å². The van der Waals surface area contributed by atoms with Crippen LogP contribution >= 0.6 is 11.8 Å². The van der Waals surface area contributed by atoms with E-state index in [1.807, 2.05) is 29.8 Å². The molecule has 0 saturated heterocycles. The molecule has 0 unspecified atom stereocenters. The van der Waals surface area contributed by atoms with Crippen molar-refractivity contribution in [2.24, 2.45) is 5.10 Å². The molecule has 2 heterocycles. The smallest absolute Gasteiger partial charge is 0.316 e. The molecule has 7 nitrogen and oxygen atoms in total. The molecule has 0 aliphatic carbocycles. The number of benzene rings is 1. The number of carbonyl (C=O) groups excluding carboxylic acids is 1. The Kier molecular flexibility index (Phi) is 3.64. The second-order valence-corrected chi connectivity index (χ2v) is 5.85. The van der Waals surface area contributed by atoms with Gasteiger partial charge in [0.05, 0.1) is 0 Å². The molecule has 4 N–H and O–H groups in total. The van der Waals surface area contributed by atoms with E-state index < -0.39 is 5.12 Å². The van der Waals surface area contributed by atoms with Crippen molar-refractivity contribution in [3.63, 3.8) is 0 Å². The Bertz CT molecular complexity index is 607. The molecule has 0 fully saturated rings. The third-order valence-electron chi connectivity index (χ3n) is 3.40. The summed E-state index contributed by atoms with van der Waals surface area (Å²) < 4.78 is 10.7. The van der Waals surface area contributed by atoms with Crippen LogP contribution in [0.5, 0.6) is 11.5 Å². The molecule has 0 radical (unpaired) electrons. The number of ether oxygens (including phenoxy) is 2. The van der Waals surface area contributed by atoms with E-state index >= 15 is 0 Å². The van der Waals surface area contributed by atoms with Crippen LogP contribution in [0.4, 0.5) is 0 Å². The second-order valence-electron chi connectivity index (χ2n) is 4.80. The lowest BCUT2D eigenvalue weighted by Gasteiger charge is -2.32. The van der Waals surface area contributed by atoms with Crippen molar-refractivity contribution in [3.8, 4) is 11.5 Å². The number of amides is 1. The van der Waals surface area contributed by atoms with Gasteiger partial charge in [0.1, 0.15) is 12.3 Å². The summed E-state index contributed by atoms with van der Waals surface area (Å²) >= 11 is 1.48. The Morgan fingerprint density at radius 3 is 3.00 bits per heavy atom. The molecule has 8 heteroatoms. The average molecular weight is 309 g/mol. The van der Waals surface area contributed by atoms with Crippen molar-refractivity contribution < 1.29 is 19.6 Å². The van der Waals surface area contributed by atoms with Gasteiger partial charge >= 0.3 is 5.12 Å². The number of rotatable bonds is 4. The van der Waals surface area contributed by atoms with Gasteiger partial charge in [-0.05, 0) is 43.1 Å². The largest absolute Gasteiger partial charge is 0.454 e. The zero-order valence-corrected chi connectivity index (χ0v) is 12.6. The summed E-state index contributed by atoms with van der Waals surface area (Å²) in [5.74, 6) is 1.36. The molecule has 0 bridgehead atoms. The predicted molar refractivity (Wildman–Crippen MR) is 78.8 cm³/mol. The molecule has 0 saturated carbocycles. The van der Waals surface area contributed by atoms with Crippen molar-refractivity contribution in [1.82, 2.24) is 10.7 Å². The van der Waals surface area contributed by atoms with Crippen LogP contribution < -0.4 is 25.5 Å². The fourth-order valence-electron chi connectivity index (χ4n) is 2.11. The van der Waals surface area contributed by atoms with Gasteiger partial charge in [-0.1, -0.05) is 0 Å². The van der Waals surface area contributed by atoms with Gasteiger partial charge in [0.25, 0.3) is 5.91 Å². The SMILES string of the molecule is CS[C@@]1([NH2+]Cc2ccc3c(c2)OCO3)NN=C(C)C(=O)N1. The number of carbonyl (C=O) groups is 1. The average Bonchev–Trinajstić information content (AvgIpc) is 2.96. The molecule has 0 aromatic heterocycles. The number of hydrogen-bond donors (Lipinski definition) is 3. The summed E-state index contributed by atoms with van der Waals surface area (Å²) in [5.41, 5.74) is 4.50.